The van der Waals surface area contributed by atoms with Gasteiger partial charge in [0.15, 0.2) is 6.10 Å². The minimum atomic E-state index is -0.584. The molecule has 0 spiro atoms. The summed E-state index contributed by atoms with van der Waals surface area (Å²) in [5.41, 5.74) is 4.18. The number of amides is 1. The number of benzene rings is 2. The van der Waals surface area contributed by atoms with Crippen molar-refractivity contribution in [1.29, 1.82) is 0 Å². The zero-order valence-electron chi connectivity index (χ0n) is 17.7. The van der Waals surface area contributed by atoms with E-state index < -0.39 is 6.10 Å². The molecule has 1 heterocycles. The summed E-state index contributed by atoms with van der Waals surface area (Å²) in [6.07, 6.45) is -0.584. The fourth-order valence-corrected chi connectivity index (χ4v) is 3.56. The third-order valence-corrected chi connectivity index (χ3v) is 5.96. The maximum atomic E-state index is 12.4. The van der Waals surface area contributed by atoms with E-state index in [0.717, 1.165) is 47.9 Å². The molecule has 0 saturated carbocycles. The van der Waals surface area contributed by atoms with Crippen LogP contribution in [0.15, 0.2) is 36.4 Å². The second-order valence-electron chi connectivity index (χ2n) is 7.81. The molecule has 1 atom stereocenters. The van der Waals surface area contributed by atoms with E-state index >= 15 is 0 Å². The number of hydrogen-bond donors (Lipinski definition) is 1. The minimum absolute atomic E-state index is 0.140. The van der Waals surface area contributed by atoms with Crippen molar-refractivity contribution in [3.05, 3.63) is 58.1 Å². The first-order valence-electron chi connectivity index (χ1n) is 10.1. The lowest BCUT2D eigenvalue weighted by molar-refractivity contribution is -0.127. The fraction of sp³-hybridized carbons (Fsp3) is 0.435. The lowest BCUT2D eigenvalue weighted by atomic mass is 10.1. The average molecular weight is 416 g/mol. The Hall–Kier alpha value is -2.24. The topological polar surface area (TPSA) is 44.8 Å². The van der Waals surface area contributed by atoms with E-state index in [0.29, 0.717) is 12.3 Å². The zero-order valence-corrected chi connectivity index (χ0v) is 18.4. The molecular formula is C23H30ClN3O2. The van der Waals surface area contributed by atoms with Crippen LogP contribution in [0, 0.1) is 13.8 Å². The van der Waals surface area contributed by atoms with Crippen LogP contribution in [0.25, 0.3) is 0 Å². The molecule has 6 heteroatoms. The molecule has 29 heavy (non-hydrogen) atoms. The molecule has 1 fully saturated rings. The van der Waals surface area contributed by atoms with Gasteiger partial charge in [-0.25, -0.2) is 0 Å². The molecular weight excluding hydrogens is 386 g/mol. The molecule has 0 aromatic heterocycles. The summed E-state index contributed by atoms with van der Waals surface area (Å²) in [5, 5.41) is 3.69. The second kappa shape index (κ2) is 9.51. The molecule has 0 radical (unpaired) electrons. The number of carbonyl (C=O) groups is 1. The van der Waals surface area contributed by atoms with E-state index in [1.165, 1.54) is 5.69 Å². The predicted octanol–water partition coefficient (Wildman–Crippen LogP) is 3.79. The Balaban J connectivity index is 1.51. The molecule has 1 aliphatic heterocycles. The highest BCUT2D eigenvalue weighted by Gasteiger charge is 2.16. The number of anilines is 1. The van der Waals surface area contributed by atoms with E-state index in [9.17, 15) is 4.79 Å². The first kappa shape index (κ1) is 21.5. The molecule has 1 saturated heterocycles. The van der Waals surface area contributed by atoms with Crippen LogP contribution in [0.1, 0.15) is 23.6 Å². The van der Waals surface area contributed by atoms with Crippen molar-refractivity contribution < 1.29 is 9.53 Å². The van der Waals surface area contributed by atoms with Crippen molar-refractivity contribution in [3.63, 3.8) is 0 Å². The Morgan fingerprint density at radius 3 is 2.28 bits per heavy atom. The van der Waals surface area contributed by atoms with E-state index in [4.69, 9.17) is 16.3 Å². The molecule has 2 aromatic carbocycles. The normalized spacial score (nSPS) is 15.8. The van der Waals surface area contributed by atoms with Crippen LogP contribution in [0.2, 0.25) is 5.02 Å². The highest BCUT2D eigenvalue weighted by Crippen LogP contribution is 2.26. The average Bonchev–Trinajstić information content (AvgIpc) is 2.71. The van der Waals surface area contributed by atoms with Gasteiger partial charge in [-0.15, -0.1) is 0 Å². The second-order valence-corrected chi connectivity index (χ2v) is 8.18. The number of ether oxygens (including phenoxy) is 1. The Kier molecular flexibility index (Phi) is 7.04. The van der Waals surface area contributed by atoms with Gasteiger partial charge in [0.05, 0.1) is 0 Å². The zero-order chi connectivity index (χ0) is 21.0. The summed E-state index contributed by atoms with van der Waals surface area (Å²) in [5.74, 6) is 0.516. The Bertz CT molecular complexity index is 823. The number of likely N-dealkylation sites (N-methyl/N-ethyl adjacent to an activating group) is 1. The fourth-order valence-electron chi connectivity index (χ4n) is 3.45. The van der Waals surface area contributed by atoms with Crippen LogP contribution in [-0.4, -0.2) is 50.1 Å². The van der Waals surface area contributed by atoms with Gasteiger partial charge in [-0.2, -0.15) is 0 Å². The third kappa shape index (κ3) is 5.64. The standard InChI is InChI=1S/C23H30ClN3O2/c1-16-13-21(14-17(2)22(16)24)29-18(3)23(28)25-15-19-5-7-20(8-6-19)27-11-9-26(4)10-12-27/h5-8,13-14,18H,9-12,15H2,1-4H3,(H,25,28). The van der Waals surface area contributed by atoms with Crippen LogP contribution >= 0.6 is 11.6 Å². The number of hydrogen-bond acceptors (Lipinski definition) is 4. The highest BCUT2D eigenvalue weighted by atomic mass is 35.5. The number of rotatable bonds is 6. The number of aryl methyl sites for hydroxylation is 2. The van der Waals surface area contributed by atoms with Gasteiger partial charge in [-0.1, -0.05) is 23.7 Å². The first-order valence-corrected chi connectivity index (χ1v) is 10.4. The summed E-state index contributed by atoms with van der Waals surface area (Å²) in [7, 11) is 2.16. The lowest BCUT2D eigenvalue weighted by Crippen LogP contribution is -2.44. The number of carbonyl (C=O) groups excluding carboxylic acids is 1. The maximum absolute atomic E-state index is 12.4. The van der Waals surface area contributed by atoms with Gasteiger partial charge in [0.1, 0.15) is 5.75 Å². The van der Waals surface area contributed by atoms with E-state index in [-0.39, 0.29) is 5.91 Å². The SMILES string of the molecule is Cc1cc(OC(C)C(=O)NCc2ccc(N3CCN(C)CC3)cc2)cc(C)c1Cl. The van der Waals surface area contributed by atoms with Crippen molar-refractivity contribution in [2.75, 3.05) is 38.1 Å². The molecule has 1 unspecified atom stereocenters. The van der Waals surface area contributed by atoms with Crippen LogP contribution in [0.5, 0.6) is 5.75 Å². The van der Waals surface area contributed by atoms with Gasteiger partial charge in [0.25, 0.3) is 5.91 Å². The Morgan fingerprint density at radius 2 is 1.69 bits per heavy atom. The smallest absolute Gasteiger partial charge is 0.261 e. The molecule has 0 bridgehead atoms. The van der Waals surface area contributed by atoms with Crippen LogP contribution < -0.4 is 15.0 Å². The Labute approximate surface area is 178 Å². The summed E-state index contributed by atoms with van der Waals surface area (Å²) >= 11 is 6.19. The maximum Gasteiger partial charge on any atom is 0.261 e. The van der Waals surface area contributed by atoms with E-state index in [1.54, 1.807) is 6.92 Å². The highest BCUT2D eigenvalue weighted by molar-refractivity contribution is 6.32. The van der Waals surface area contributed by atoms with E-state index in [1.807, 2.05) is 26.0 Å². The van der Waals surface area contributed by atoms with Crippen LogP contribution in [-0.2, 0) is 11.3 Å². The molecule has 2 aromatic rings. The van der Waals surface area contributed by atoms with Crippen LogP contribution in [0.3, 0.4) is 0 Å². The predicted molar refractivity (Wildman–Crippen MR) is 119 cm³/mol. The summed E-state index contributed by atoms with van der Waals surface area (Å²) in [6.45, 7) is 10.4. The van der Waals surface area contributed by atoms with Gasteiger partial charge < -0.3 is 19.9 Å². The number of nitrogens with zero attached hydrogens (tertiary/aromatic N) is 2. The van der Waals surface area contributed by atoms with Gasteiger partial charge in [0, 0.05) is 43.4 Å². The molecule has 0 aliphatic carbocycles. The molecule has 1 amide bonds. The summed E-state index contributed by atoms with van der Waals surface area (Å²) in [4.78, 5) is 17.2. The lowest BCUT2D eigenvalue weighted by Gasteiger charge is -2.34. The monoisotopic (exact) mass is 415 g/mol. The molecule has 1 N–H and O–H groups in total. The first-order chi connectivity index (χ1) is 13.8. The van der Waals surface area contributed by atoms with Gasteiger partial charge >= 0.3 is 0 Å². The Morgan fingerprint density at radius 1 is 1.10 bits per heavy atom. The molecule has 1 aliphatic rings. The van der Waals surface area contributed by atoms with Crippen molar-refractivity contribution >= 4 is 23.2 Å². The molecule has 156 valence electrons. The molecule has 5 nitrogen and oxygen atoms in total. The van der Waals surface area contributed by atoms with Gasteiger partial charge in [-0.3, -0.25) is 4.79 Å². The quantitative estimate of drug-likeness (QED) is 0.779. The summed E-state index contributed by atoms with van der Waals surface area (Å²) in [6, 6.07) is 12.1. The minimum Gasteiger partial charge on any atom is -0.481 e. The summed E-state index contributed by atoms with van der Waals surface area (Å²) < 4.78 is 5.81. The van der Waals surface area contributed by atoms with Crippen molar-refractivity contribution in [2.24, 2.45) is 0 Å². The third-order valence-electron chi connectivity index (χ3n) is 5.36. The van der Waals surface area contributed by atoms with Crippen molar-refractivity contribution in [2.45, 2.75) is 33.4 Å². The number of nitrogens with one attached hydrogen (secondary N) is 1. The molecule has 3 rings (SSSR count). The number of piperazine rings is 1. The van der Waals surface area contributed by atoms with E-state index in [2.05, 4.69) is 46.4 Å². The van der Waals surface area contributed by atoms with Gasteiger partial charge in [0.2, 0.25) is 0 Å². The van der Waals surface area contributed by atoms with Crippen molar-refractivity contribution in [1.82, 2.24) is 10.2 Å². The largest absolute Gasteiger partial charge is 0.481 e. The van der Waals surface area contributed by atoms with Crippen molar-refractivity contribution in [3.8, 4) is 5.75 Å². The number of halogens is 1. The van der Waals surface area contributed by atoms with Gasteiger partial charge in [-0.05, 0) is 68.8 Å². The van der Waals surface area contributed by atoms with Crippen LogP contribution in [0.4, 0.5) is 5.69 Å².